The van der Waals surface area contributed by atoms with E-state index in [4.69, 9.17) is 37.0 Å². The number of carbonyl (C=O) groups is 4. The van der Waals surface area contributed by atoms with E-state index in [0.717, 1.165) is 95.8 Å². The van der Waals surface area contributed by atoms with Gasteiger partial charge in [-0.3, -0.25) is 37.3 Å². The predicted molar refractivity (Wildman–Crippen MR) is 400 cm³/mol. The summed E-state index contributed by atoms with van der Waals surface area (Å²) in [6, 6.07) is 0. The van der Waals surface area contributed by atoms with Gasteiger partial charge in [0.2, 0.25) is 0 Å². The van der Waals surface area contributed by atoms with Crippen LogP contribution in [-0.4, -0.2) is 96.7 Å². The van der Waals surface area contributed by atoms with Gasteiger partial charge >= 0.3 is 39.5 Å². The average molecular weight is 1440 g/mol. The summed E-state index contributed by atoms with van der Waals surface area (Å²) in [7, 11) is -9.92. The van der Waals surface area contributed by atoms with Crippen LogP contribution in [0.1, 0.15) is 420 Å². The molecule has 0 aromatic heterocycles. The third kappa shape index (κ3) is 72.4. The minimum Gasteiger partial charge on any atom is -0.462 e. The molecule has 0 saturated heterocycles. The monoisotopic (exact) mass is 1440 g/mol. The fraction of sp³-hybridized carbons (Fsp3) is 0.949. The standard InChI is InChI=1S/C79H154O17P2/c1-6-9-12-15-18-21-24-27-29-31-33-38-43-48-53-58-63-77(82)90-69-74(95-78(83)64-59-54-49-44-39-34-32-30-28-25-22-19-16-13-10-7-2)70-93-97(85,86)91-66-73(80)67-92-98(87,88)94-71-75(68-89-76(81)62-57-52-47-42-37-26-23-20-17-14-11-8-3)96-79(84)65-60-55-50-45-40-35-36-41-46-51-56-61-72(4)5/h72-75,80H,6-71H2,1-5H3,(H,85,86)(H,87,88)/t73-,74-,75-/m1/s1. The molecule has 0 rings (SSSR count). The van der Waals surface area contributed by atoms with Crippen LogP contribution in [0.4, 0.5) is 0 Å². The number of phosphoric acid groups is 2. The minimum absolute atomic E-state index is 0.107. The molecule has 582 valence electrons. The molecule has 0 amide bonds. The molecule has 17 nitrogen and oxygen atoms in total. The van der Waals surface area contributed by atoms with Gasteiger partial charge in [0.05, 0.1) is 26.4 Å². The van der Waals surface area contributed by atoms with Gasteiger partial charge in [-0.25, -0.2) is 9.13 Å². The number of aliphatic hydroxyl groups excluding tert-OH is 1. The number of phosphoric ester groups is 2. The largest absolute Gasteiger partial charge is 0.472 e. The molecule has 0 heterocycles. The van der Waals surface area contributed by atoms with Gasteiger partial charge in [0.1, 0.15) is 19.3 Å². The van der Waals surface area contributed by atoms with Crippen LogP contribution < -0.4 is 0 Å². The Bertz CT molecular complexity index is 1870. The first-order chi connectivity index (χ1) is 47.5. The van der Waals surface area contributed by atoms with E-state index in [-0.39, 0.29) is 25.7 Å². The maximum Gasteiger partial charge on any atom is 0.472 e. The zero-order chi connectivity index (χ0) is 71.9. The molecule has 0 saturated carbocycles. The molecule has 98 heavy (non-hydrogen) atoms. The Labute approximate surface area is 600 Å². The van der Waals surface area contributed by atoms with Crippen molar-refractivity contribution in [2.24, 2.45) is 5.92 Å². The predicted octanol–water partition coefficient (Wildman–Crippen LogP) is 23.6. The normalized spacial score (nSPS) is 13.9. The fourth-order valence-corrected chi connectivity index (χ4v) is 13.8. The Morgan fingerprint density at radius 3 is 0.694 bits per heavy atom. The third-order valence-corrected chi connectivity index (χ3v) is 20.4. The van der Waals surface area contributed by atoms with Crippen LogP contribution in [0.2, 0.25) is 0 Å². The van der Waals surface area contributed by atoms with Crippen molar-refractivity contribution in [1.82, 2.24) is 0 Å². The van der Waals surface area contributed by atoms with E-state index < -0.39 is 97.5 Å². The van der Waals surface area contributed by atoms with Crippen LogP contribution in [0.3, 0.4) is 0 Å². The van der Waals surface area contributed by atoms with E-state index >= 15 is 0 Å². The zero-order valence-electron chi connectivity index (χ0n) is 63.9. The number of carbonyl (C=O) groups excluding carboxylic acids is 4. The molecule has 5 atom stereocenters. The lowest BCUT2D eigenvalue weighted by molar-refractivity contribution is -0.161. The Morgan fingerprint density at radius 2 is 0.469 bits per heavy atom. The summed E-state index contributed by atoms with van der Waals surface area (Å²) < 4.78 is 68.7. The van der Waals surface area contributed by atoms with Crippen molar-refractivity contribution in [3.05, 3.63) is 0 Å². The zero-order valence-corrected chi connectivity index (χ0v) is 65.7. The van der Waals surface area contributed by atoms with Gasteiger partial charge in [0, 0.05) is 25.7 Å². The molecule has 0 fully saturated rings. The molecule has 0 bridgehead atoms. The fourth-order valence-electron chi connectivity index (χ4n) is 12.2. The van der Waals surface area contributed by atoms with Crippen LogP contribution in [0.15, 0.2) is 0 Å². The maximum atomic E-state index is 13.1. The van der Waals surface area contributed by atoms with Gasteiger partial charge in [0.15, 0.2) is 12.2 Å². The van der Waals surface area contributed by atoms with Crippen molar-refractivity contribution >= 4 is 39.5 Å². The first-order valence-corrected chi connectivity index (χ1v) is 44.1. The van der Waals surface area contributed by atoms with E-state index in [2.05, 4.69) is 34.6 Å². The SMILES string of the molecule is CCCCCCCCCCCCCCCCCCC(=O)OC[C@H](COP(=O)(O)OC[C@@H](O)COP(=O)(O)OC[C@@H](COC(=O)CCCCCCCCCCCCCC)OC(=O)CCCCCCCCCCCCCC(C)C)OC(=O)CCCCCCCCCCCCCCCCCC. The van der Waals surface area contributed by atoms with Gasteiger partial charge in [0.25, 0.3) is 0 Å². The maximum absolute atomic E-state index is 13.1. The number of aliphatic hydroxyl groups is 1. The van der Waals surface area contributed by atoms with E-state index in [1.807, 2.05) is 0 Å². The average Bonchev–Trinajstić information content (AvgIpc) is 3.07. The molecular formula is C79H154O17P2. The highest BCUT2D eigenvalue weighted by Gasteiger charge is 2.30. The Balaban J connectivity index is 5.26. The highest BCUT2D eigenvalue weighted by Crippen LogP contribution is 2.45. The highest BCUT2D eigenvalue weighted by atomic mass is 31.2. The quantitative estimate of drug-likeness (QED) is 0.0222. The summed E-state index contributed by atoms with van der Waals surface area (Å²) >= 11 is 0. The van der Waals surface area contributed by atoms with E-state index in [0.29, 0.717) is 25.7 Å². The third-order valence-electron chi connectivity index (χ3n) is 18.5. The number of rotatable bonds is 79. The van der Waals surface area contributed by atoms with Crippen molar-refractivity contribution in [1.29, 1.82) is 0 Å². The molecule has 0 spiro atoms. The van der Waals surface area contributed by atoms with Crippen molar-refractivity contribution in [2.75, 3.05) is 39.6 Å². The number of unbranched alkanes of at least 4 members (excludes halogenated alkanes) is 51. The molecular weight excluding hydrogens is 1280 g/mol. The summed E-state index contributed by atoms with van der Waals surface area (Å²) in [5.74, 6) is -1.34. The number of esters is 4. The van der Waals surface area contributed by atoms with Crippen molar-refractivity contribution < 1.29 is 80.2 Å². The van der Waals surface area contributed by atoms with Crippen molar-refractivity contribution in [2.45, 2.75) is 438 Å². The summed E-state index contributed by atoms with van der Waals surface area (Å²) in [5.41, 5.74) is 0. The first kappa shape index (κ1) is 96.1. The van der Waals surface area contributed by atoms with Crippen LogP contribution in [-0.2, 0) is 65.4 Å². The Hall–Kier alpha value is -1.94. The second-order valence-electron chi connectivity index (χ2n) is 28.9. The Morgan fingerprint density at radius 1 is 0.276 bits per heavy atom. The lowest BCUT2D eigenvalue weighted by Gasteiger charge is -2.21. The summed E-state index contributed by atoms with van der Waals surface area (Å²) in [4.78, 5) is 73.0. The molecule has 0 aromatic rings. The molecule has 0 aromatic carbocycles. The van der Waals surface area contributed by atoms with Gasteiger partial charge in [-0.1, -0.05) is 369 Å². The van der Waals surface area contributed by atoms with E-state index in [1.165, 1.54) is 244 Å². The molecule has 0 aliphatic heterocycles. The molecule has 3 N–H and O–H groups in total. The summed E-state index contributed by atoms with van der Waals surface area (Å²) in [6.07, 6.45) is 62.2. The lowest BCUT2D eigenvalue weighted by atomic mass is 10.0. The van der Waals surface area contributed by atoms with Gasteiger partial charge in [-0.2, -0.15) is 0 Å². The number of ether oxygens (including phenoxy) is 4. The molecule has 19 heteroatoms. The topological polar surface area (TPSA) is 237 Å². The Kier molecular flexibility index (Phi) is 70.6. The molecule has 2 unspecified atom stereocenters. The van der Waals surface area contributed by atoms with Crippen LogP contribution in [0.5, 0.6) is 0 Å². The highest BCUT2D eigenvalue weighted by molar-refractivity contribution is 7.47. The minimum atomic E-state index is -4.96. The van der Waals surface area contributed by atoms with Gasteiger partial charge in [-0.05, 0) is 31.6 Å². The first-order valence-electron chi connectivity index (χ1n) is 41.1. The van der Waals surface area contributed by atoms with Crippen LogP contribution in [0, 0.1) is 5.92 Å². The lowest BCUT2D eigenvalue weighted by Crippen LogP contribution is -2.30. The molecule has 0 radical (unpaired) electrons. The van der Waals surface area contributed by atoms with Crippen LogP contribution >= 0.6 is 15.6 Å². The summed E-state index contributed by atoms with van der Waals surface area (Å²) in [5, 5.41) is 10.6. The van der Waals surface area contributed by atoms with Gasteiger partial charge in [-0.15, -0.1) is 0 Å². The van der Waals surface area contributed by atoms with Crippen molar-refractivity contribution in [3.8, 4) is 0 Å². The smallest absolute Gasteiger partial charge is 0.462 e. The number of hydrogen-bond donors (Lipinski definition) is 3. The second kappa shape index (κ2) is 72.0. The van der Waals surface area contributed by atoms with E-state index in [9.17, 15) is 43.2 Å². The van der Waals surface area contributed by atoms with Crippen LogP contribution in [0.25, 0.3) is 0 Å². The van der Waals surface area contributed by atoms with E-state index in [1.54, 1.807) is 0 Å². The summed E-state index contributed by atoms with van der Waals surface area (Å²) in [6.45, 7) is 7.33. The second-order valence-corrected chi connectivity index (χ2v) is 31.8. The molecule has 0 aliphatic rings. The van der Waals surface area contributed by atoms with Crippen molar-refractivity contribution in [3.63, 3.8) is 0 Å². The number of hydrogen-bond acceptors (Lipinski definition) is 15. The molecule has 0 aliphatic carbocycles. The van der Waals surface area contributed by atoms with Gasteiger partial charge < -0.3 is 33.8 Å².